The fraction of sp³-hybridized carbons (Fsp3) is 0.214. The predicted molar refractivity (Wildman–Crippen MR) is 133 cm³/mol. The zero-order valence-electron chi connectivity index (χ0n) is 19.6. The van der Waals surface area contributed by atoms with Gasteiger partial charge in [0.15, 0.2) is 6.10 Å². The first-order valence-electron chi connectivity index (χ1n) is 11.6. The summed E-state index contributed by atoms with van der Waals surface area (Å²) in [5, 5.41) is 7.88. The van der Waals surface area contributed by atoms with Crippen molar-refractivity contribution in [1.82, 2.24) is 20.3 Å². The Hall–Kier alpha value is -3.97. The van der Waals surface area contributed by atoms with Crippen LogP contribution in [-0.4, -0.2) is 20.7 Å². The van der Waals surface area contributed by atoms with Gasteiger partial charge in [0.2, 0.25) is 0 Å². The van der Waals surface area contributed by atoms with Gasteiger partial charge in [-0.05, 0) is 73.5 Å². The highest BCUT2D eigenvalue weighted by atomic mass is 19.1. The van der Waals surface area contributed by atoms with Crippen LogP contribution in [0.3, 0.4) is 0 Å². The lowest BCUT2D eigenvalue weighted by atomic mass is 9.97. The molecule has 0 unspecified atom stereocenters. The molecule has 0 spiro atoms. The number of rotatable bonds is 7. The first-order chi connectivity index (χ1) is 17.0. The molecule has 35 heavy (non-hydrogen) atoms. The molecule has 1 aliphatic heterocycles. The van der Waals surface area contributed by atoms with Crippen molar-refractivity contribution in [3.05, 3.63) is 113 Å². The van der Waals surface area contributed by atoms with Crippen LogP contribution >= 0.6 is 0 Å². The quantitative estimate of drug-likeness (QED) is 0.377. The lowest BCUT2D eigenvalue weighted by Crippen LogP contribution is -2.19. The summed E-state index contributed by atoms with van der Waals surface area (Å²) >= 11 is 0. The number of hydrogen-bond donors (Lipinski definition) is 1. The summed E-state index contributed by atoms with van der Waals surface area (Å²) in [6, 6.07) is 19.3. The van der Waals surface area contributed by atoms with Crippen LogP contribution in [0.4, 0.5) is 4.39 Å². The number of nitrogens with one attached hydrogen (secondary N) is 1. The van der Waals surface area contributed by atoms with Crippen molar-refractivity contribution in [3.8, 4) is 11.3 Å². The molecule has 3 aromatic heterocycles. The van der Waals surface area contributed by atoms with Gasteiger partial charge in [-0.1, -0.05) is 17.3 Å². The van der Waals surface area contributed by atoms with Crippen molar-refractivity contribution in [3.63, 3.8) is 0 Å². The van der Waals surface area contributed by atoms with Crippen molar-refractivity contribution in [1.29, 1.82) is 0 Å². The Bertz CT molecular complexity index is 1320. The summed E-state index contributed by atoms with van der Waals surface area (Å²) < 4.78 is 13.2. The van der Waals surface area contributed by atoms with Crippen molar-refractivity contribution >= 4 is 5.71 Å². The summed E-state index contributed by atoms with van der Waals surface area (Å²) in [6.07, 6.45) is 5.32. The summed E-state index contributed by atoms with van der Waals surface area (Å²) in [5.74, 6) is -0.340. The fourth-order valence-corrected chi connectivity index (χ4v) is 4.04. The Balaban J connectivity index is 1.40. The van der Waals surface area contributed by atoms with Crippen molar-refractivity contribution in [2.45, 2.75) is 39.0 Å². The monoisotopic (exact) mass is 467 g/mol. The third kappa shape index (κ3) is 5.41. The molecule has 6 nitrogen and oxygen atoms in total. The molecule has 1 N–H and O–H groups in total. The van der Waals surface area contributed by atoms with E-state index in [2.05, 4.69) is 49.7 Å². The highest BCUT2D eigenvalue weighted by Crippen LogP contribution is 2.30. The van der Waals surface area contributed by atoms with Gasteiger partial charge in [-0.3, -0.25) is 15.0 Å². The zero-order valence-corrected chi connectivity index (χ0v) is 19.6. The summed E-state index contributed by atoms with van der Waals surface area (Å²) in [4.78, 5) is 19.0. The number of halogens is 1. The molecule has 0 saturated heterocycles. The Kier molecular flexibility index (Phi) is 6.59. The minimum Gasteiger partial charge on any atom is -0.385 e. The smallest absolute Gasteiger partial charge is 0.174 e. The van der Waals surface area contributed by atoms with Crippen LogP contribution in [0, 0.1) is 12.7 Å². The van der Waals surface area contributed by atoms with Crippen molar-refractivity contribution < 1.29 is 9.23 Å². The van der Waals surface area contributed by atoms with Crippen LogP contribution < -0.4 is 5.32 Å². The third-order valence-electron chi connectivity index (χ3n) is 6.03. The second-order valence-corrected chi connectivity index (χ2v) is 8.73. The zero-order chi connectivity index (χ0) is 24.2. The molecule has 176 valence electrons. The van der Waals surface area contributed by atoms with E-state index in [1.807, 2.05) is 44.3 Å². The second-order valence-electron chi connectivity index (χ2n) is 8.73. The first kappa shape index (κ1) is 22.8. The number of benzene rings is 1. The maximum atomic E-state index is 13.2. The van der Waals surface area contributed by atoms with E-state index < -0.39 is 0 Å². The summed E-state index contributed by atoms with van der Waals surface area (Å²) in [5.41, 5.74) is 7.62. The Labute approximate surface area is 203 Å². The van der Waals surface area contributed by atoms with Gasteiger partial charge >= 0.3 is 0 Å². The van der Waals surface area contributed by atoms with E-state index in [4.69, 9.17) is 4.84 Å². The highest BCUT2D eigenvalue weighted by molar-refractivity contribution is 6.02. The van der Waals surface area contributed by atoms with Gasteiger partial charge < -0.3 is 10.2 Å². The number of aryl methyl sites for hydroxylation is 1. The lowest BCUT2D eigenvalue weighted by Gasteiger charge is -2.15. The van der Waals surface area contributed by atoms with Crippen LogP contribution in [0.5, 0.6) is 0 Å². The van der Waals surface area contributed by atoms with Gasteiger partial charge in [-0.2, -0.15) is 0 Å². The first-order valence-corrected chi connectivity index (χ1v) is 11.6. The van der Waals surface area contributed by atoms with Crippen LogP contribution in [0.1, 0.15) is 53.6 Å². The molecule has 5 rings (SSSR count). The average molecular weight is 468 g/mol. The molecule has 2 atom stereocenters. The van der Waals surface area contributed by atoms with Crippen LogP contribution in [0.2, 0.25) is 0 Å². The Morgan fingerprint density at radius 1 is 1.00 bits per heavy atom. The fourth-order valence-electron chi connectivity index (χ4n) is 4.04. The molecule has 7 heteroatoms. The van der Waals surface area contributed by atoms with E-state index in [9.17, 15) is 4.39 Å². The van der Waals surface area contributed by atoms with E-state index in [1.165, 1.54) is 12.3 Å². The number of aromatic nitrogens is 3. The predicted octanol–water partition coefficient (Wildman–Crippen LogP) is 5.70. The molecule has 0 aliphatic carbocycles. The molecular weight excluding hydrogens is 441 g/mol. The SMILES string of the molecule is Cc1ccc(-c2cc(CN[C@H](C)c3ccc(F)cn3)cc(C3=NO[C@H](c4ccccn4)C3)c2)nc1. The minimum absolute atomic E-state index is 0.0408. The molecule has 1 aromatic carbocycles. The molecule has 0 saturated carbocycles. The van der Waals surface area contributed by atoms with Gasteiger partial charge in [-0.25, -0.2) is 4.39 Å². The summed E-state index contributed by atoms with van der Waals surface area (Å²) in [6.45, 7) is 4.64. The third-order valence-corrected chi connectivity index (χ3v) is 6.03. The minimum atomic E-state index is -0.340. The standard InChI is InChI=1S/C28H26FN5O/c1-18-6-8-25(32-15-18)21-11-20(16-31-19(2)24-9-7-23(29)17-33-24)12-22(13-21)27-14-28(35-34-27)26-5-3-4-10-30-26/h3-13,15,17,19,28,31H,14,16H2,1-2H3/t19-,28+/m1/s1. The van der Waals surface area contributed by atoms with E-state index in [-0.39, 0.29) is 18.0 Å². The van der Waals surface area contributed by atoms with Crippen LogP contribution in [0.15, 0.2) is 84.4 Å². The van der Waals surface area contributed by atoms with E-state index in [0.717, 1.165) is 45.0 Å². The number of oxime groups is 1. The average Bonchev–Trinajstić information content (AvgIpc) is 3.39. The van der Waals surface area contributed by atoms with Gasteiger partial charge in [0, 0.05) is 42.5 Å². The molecule has 0 amide bonds. The number of pyridine rings is 3. The molecule has 4 aromatic rings. The van der Waals surface area contributed by atoms with Gasteiger partial charge in [0.05, 0.1) is 29.0 Å². The molecule has 0 radical (unpaired) electrons. The van der Waals surface area contributed by atoms with E-state index in [0.29, 0.717) is 13.0 Å². The molecule has 1 aliphatic rings. The van der Waals surface area contributed by atoms with Gasteiger partial charge in [0.1, 0.15) is 5.82 Å². The van der Waals surface area contributed by atoms with Crippen LogP contribution in [-0.2, 0) is 11.4 Å². The molecule has 0 fully saturated rings. The van der Waals surface area contributed by atoms with Gasteiger partial charge in [-0.15, -0.1) is 0 Å². The Morgan fingerprint density at radius 3 is 2.63 bits per heavy atom. The number of nitrogens with zero attached hydrogens (tertiary/aromatic N) is 4. The highest BCUT2D eigenvalue weighted by Gasteiger charge is 2.25. The van der Waals surface area contributed by atoms with Crippen LogP contribution in [0.25, 0.3) is 11.3 Å². The number of hydrogen-bond acceptors (Lipinski definition) is 6. The van der Waals surface area contributed by atoms with Gasteiger partial charge in [0.25, 0.3) is 0 Å². The Morgan fingerprint density at radius 2 is 1.89 bits per heavy atom. The van der Waals surface area contributed by atoms with Crippen molar-refractivity contribution in [2.75, 3.05) is 0 Å². The van der Waals surface area contributed by atoms with E-state index in [1.54, 1.807) is 12.3 Å². The molecule has 0 bridgehead atoms. The summed E-state index contributed by atoms with van der Waals surface area (Å²) in [7, 11) is 0. The molecule has 4 heterocycles. The lowest BCUT2D eigenvalue weighted by molar-refractivity contribution is 0.0826. The second kappa shape index (κ2) is 10.1. The normalized spacial score (nSPS) is 16.0. The molecular formula is C28H26FN5O. The van der Waals surface area contributed by atoms with Crippen molar-refractivity contribution in [2.24, 2.45) is 5.16 Å². The van der Waals surface area contributed by atoms with E-state index >= 15 is 0 Å². The maximum Gasteiger partial charge on any atom is 0.174 e. The largest absolute Gasteiger partial charge is 0.385 e. The maximum absolute atomic E-state index is 13.2. The topological polar surface area (TPSA) is 72.3 Å².